The summed E-state index contributed by atoms with van der Waals surface area (Å²) in [6.07, 6.45) is 0. The first-order valence-corrected chi connectivity index (χ1v) is 6.77. The molecule has 0 saturated carbocycles. The molecule has 3 nitrogen and oxygen atoms in total. The molecule has 3 aromatic rings. The molecule has 4 heteroatoms. The van der Waals surface area contributed by atoms with Crippen molar-refractivity contribution >= 4 is 27.0 Å². The largest absolute Gasteiger partial charge is 0.507 e. The molecule has 0 unspecified atom stereocenters. The van der Waals surface area contributed by atoms with Crippen molar-refractivity contribution in [3.63, 3.8) is 0 Å². The molecule has 0 amide bonds. The number of halogens is 1. The molecule has 1 N–H and O–H groups in total. The zero-order valence-electron chi connectivity index (χ0n) is 10.7. The van der Waals surface area contributed by atoms with Gasteiger partial charge in [-0.1, -0.05) is 22.0 Å². The summed E-state index contributed by atoms with van der Waals surface area (Å²) in [5, 5.41) is 10.1. The van der Waals surface area contributed by atoms with Gasteiger partial charge in [0.15, 0.2) is 0 Å². The van der Waals surface area contributed by atoms with Crippen LogP contribution in [0.3, 0.4) is 0 Å². The van der Waals surface area contributed by atoms with Gasteiger partial charge in [-0.25, -0.2) is 4.98 Å². The fourth-order valence-electron chi connectivity index (χ4n) is 2.24. The monoisotopic (exact) mass is 316 g/mol. The van der Waals surface area contributed by atoms with Gasteiger partial charge in [0.25, 0.3) is 0 Å². The summed E-state index contributed by atoms with van der Waals surface area (Å²) in [6, 6.07) is 11.6. The number of aryl methyl sites for hydroxylation is 2. The third kappa shape index (κ3) is 2.02. The maximum absolute atomic E-state index is 10.1. The molecule has 1 aromatic heterocycles. The number of hydrogen-bond acceptors (Lipinski definition) is 2. The van der Waals surface area contributed by atoms with Crippen LogP contribution >= 0.6 is 15.9 Å². The predicted molar refractivity (Wildman–Crippen MR) is 80.3 cm³/mol. The van der Waals surface area contributed by atoms with Crippen LogP contribution < -0.4 is 0 Å². The Morgan fingerprint density at radius 2 is 1.95 bits per heavy atom. The second-order valence-electron chi connectivity index (χ2n) is 4.65. The molecule has 1 heterocycles. The van der Waals surface area contributed by atoms with Crippen LogP contribution in [0.1, 0.15) is 5.56 Å². The van der Waals surface area contributed by atoms with E-state index in [2.05, 4.69) is 20.9 Å². The van der Waals surface area contributed by atoms with Gasteiger partial charge in [0.05, 0.1) is 16.6 Å². The van der Waals surface area contributed by atoms with Crippen LogP contribution in [-0.4, -0.2) is 14.7 Å². The van der Waals surface area contributed by atoms with Gasteiger partial charge in [-0.15, -0.1) is 0 Å². The Balaban J connectivity index is 2.27. The van der Waals surface area contributed by atoms with Crippen molar-refractivity contribution in [2.24, 2.45) is 7.05 Å². The molecular weight excluding hydrogens is 304 g/mol. The number of hydrogen-bond donors (Lipinski definition) is 1. The van der Waals surface area contributed by atoms with Crippen LogP contribution in [0.25, 0.3) is 22.4 Å². The van der Waals surface area contributed by atoms with Crippen LogP contribution in [0.4, 0.5) is 0 Å². The quantitative estimate of drug-likeness (QED) is 0.736. The first kappa shape index (κ1) is 12.2. The lowest BCUT2D eigenvalue weighted by atomic mass is 10.1. The van der Waals surface area contributed by atoms with Crippen molar-refractivity contribution in [3.05, 3.63) is 46.4 Å². The molecule has 0 aliphatic rings. The number of nitrogens with zero attached hydrogens (tertiary/aromatic N) is 2. The van der Waals surface area contributed by atoms with Gasteiger partial charge in [0.2, 0.25) is 0 Å². The smallest absolute Gasteiger partial charge is 0.144 e. The number of phenols is 1. The van der Waals surface area contributed by atoms with Crippen molar-refractivity contribution < 1.29 is 5.11 Å². The topological polar surface area (TPSA) is 38.0 Å². The lowest BCUT2D eigenvalue weighted by Gasteiger charge is -2.05. The van der Waals surface area contributed by atoms with Crippen LogP contribution in [0, 0.1) is 6.92 Å². The van der Waals surface area contributed by atoms with Gasteiger partial charge in [-0.05, 0) is 42.8 Å². The lowest BCUT2D eigenvalue weighted by molar-refractivity contribution is 0.476. The van der Waals surface area contributed by atoms with E-state index in [4.69, 9.17) is 0 Å². The molecule has 0 spiro atoms. The number of benzene rings is 2. The second-order valence-corrected chi connectivity index (χ2v) is 5.56. The van der Waals surface area contributed by atoms with Crippen LogP contribution in [0.2, 0.25) is 0 Å². The van der Waals surface area contributed by atoms with Crippen molar-refractivity contribution in [3.8, 4) is 17.1 Å². The molecule has 19 heavy (non-hydrogen) atoms. The van der Waals surface area contributed by atoms with Gasteiger partial charge in [-0.2, -0.15) is 0 Å². The van der Waals surface area contributed by atoms with Gasteiger partial charge >= 0.3 is 0 Å². The zero-order chi connectivity index (χ0) is 13.6. The highest BCUT2D eigenvalue weighted by atomic mass is 79.9. The number of aromatic hydroxyl groups is 1. The summed E-state index contributed by atoms with van der Waals surface area (Å²) >= 11 is 3.45. The third-order valence-electron chi connectivity index (χ3n) is 3.24. The zero-order valence-corrected chi connectivity index (χ0v) is 12.3. The first-order valence-electron chi connectivity index (χ1n) is 5.98. The van der Waals surface area contributed by atoms with E-state index in [0.29, 0.717) is 0 Å². The number of rotatable bonds is 1. The van der Waals surface area contributed by atoms with Crippen molar-refractivity contribution in [2.45, 2.75) is 6.92 Å². The summed E-state index contributed by atoms with van der Waals surface area (Å²) in [4.78, 5) is 4.61. The number of fused-ring (bicyclic) bond motifs is 1. The van der Waals surface area contributed by atoms with E-state index >= 15 is 0 Å². The SMILES string of the molecule is Cc1ccc(-c2nc3cc(Br)ccc3n2C)c(O)c1. The average Bonchev–Trinajstić information content (AvgIpc) is 2.66. The van der Waals surface area contributed by atoms with Gasteiger partial charge in [0, 0.05) is 11.5 Å². The standard InChI is InChI=1S/C15H13BrN2O/c1-9-3-5-11(14(19)7-9)15-17-12-8-10(16)4-6-13(12)18(15)2/h3-8,19H,1-2H3. The predicted octanol–water partition coefficient (Wildman–Crippen LogP) is 4.02. The summed E-state index contributed by atoms with van der Waals surface area (Å²) in [7, 11) is 1.96. The Bertz CT molecular complexity index is 777. The molecule has 0 saturated heterocycles. The highest BCUT2D eigenvalue weighted by Gasteiger charge is 2.13. The number of phenolic OH excluding ortho intramolecular Hbond substituents is 1. The number of aromatic nitrogens is 2. The second kappa shape index (κ2) is 4.38. The Labute approximate surface area is 119 Å². The van der Waals surface area contributed by atoms with E-state index in [1.807, 2.05) is 48.9 Å². The maximum Gasteiger partial charge on any atom is 0.144 e. The molecule has 0 radical (unpaired) electrons. The molecule has 0 aliphatic carbocycles. The lowest BCUT2D eigenvalue weighted by Crippen LogP contribution is -1.93. The summed E-state index contributed by atoms with van der Waals surface area (Å²) in [6.45, 7) is 1.95. The van der Waals surface area contributed by atoms with Crippen molar-refractivity contribution in [1.82, 2.24) is 9.55 Å². The van der Waals surface area contributed by atoms with Gasteiger partial charge in [-0.3, -0.25) is 0 Å². The molecule has 0 fully saturated rings. The molecule has 3 rings (SSSR count). The Hall–Kier alpha value is -1.81. The molecular formula is C15H13BrN2O. The minimum Gasteiger partial charge on any atom is -0.507 e. The van der Waals surface area contributed by atoms with E-state index in [0.717, 1.165) is 32.5 Å². The normalized spacial score (nSPS) is 11.1. The average molecular weight is 317 g/mol. The van der Waals surface area contributed by atoms with E-state index < -0.39 is 0 Å². The highest BCUT2D eigenvalue weighted by Crippen LogP contribution is 2.31. The van der Waals surface area contributed by atoms with E-state index in [9.17, 15) is 5.11 Å². The van der Waals surface area contributed by atoms with Crippen molar-refractivity contribution in [2.75, 3.05) is 0 Å². The van der Waals surface area contributed by atoms with Gasteiger partial charge in [0.1, 0.15) is 11.6 Å². The highest BCUT2D eigenvalue weighted by molar-refractivity contribution is 9.10. The van der Waals surface area contributed by atoms with Crippen molar-refractivity contribution in [1.29, 1.82) is 0 Å². The minimum atomic E-state index is 0.262. The molecule has 0 aliphatic heterocycles. The fourth-order valence-corrected chi connectivity index (χ4v) is 2.59. The molecule has 0 atom stereocenters. The fraction of sp³-hybridized carbons (Fsp3) is 0.133. The van der Waals surface area contributed by atoms with E-state index in [-0.39, 0.29) is 5.75 Å². The van der Waals surface area contributed by atoms with Gasteiger partial charge < -0.3 is 9.67 Å². The number of imidazole rings is 1. The minimum absolute atomic E-state index is 0.262. The molecule has 0 bridgehead atoms. The van der Waals surface area contributed by atoms with Crippen LogP contribution in [0.5, 0.6) is 5.75 Å². The molecule has 96 valence electrons. The Kier molecular flexibility index (Phi) is 2.82. The van der Waals surface area contributed by atoms with E-state index in [1.165, 1.54) is 0 Å². The Morgan fingerprint density at radius 1 is 1.16 bits per heavy atom. The molecule has 2 aromatic carbocycles. The Morgan fingerprint density at radius 3 is 2.68 bits per heavy atom. The van der Waals surface area contributed by atoms with E-state index in [1.54, 1.807) is 6.07 Å². The maximum atomic E-state index is 10.1. The first-order chi connectivity index (χ1) is 9.06. The summed E-state index contributed by atoms with van der Waals surface area (Å²) in [5.41, 5.74) is 3.73. The van der Waals surface area contributed by atoms with Crippen LogP contribution in [-0.2, 0) is 7.05 Å². The summed E-state index contributed by atoms with van der Waals surface area (Å²) < 4.78 is 2.99. The third-order valence-corrected chi connectivity index (χ3v) is 3.73. The summed E-state index contributed by atoms with van der Waals surface area (Å²) in [5.74, 6) is 1.03. The van der Waals surface area contributed by atoms with Crippen LogP contribution in [0.15, 0.2) is 40.9 Å².